The van der Waals surface area contributed by atoms with Gasteiger partial charge in [0.1, 0.15) is 5.69 Å². The molecule has 1 N–H and O–H groups in total. The second kappa shape index (κ2) is 7.93. The van der Waals surface area contributed by atoms with Crippen LogP contribution < -0.4 is 10.9 Å². The molecule has 0 saturated heterocycles. The van der Waals surface area contributed by atoms with E-state index in [2.05, 4.69) is 10.4 Å². The van der Waals surface area contributed by atoms with Gasteiger partial charge in [0.25, 0.3) is 11.5 Å². The number of halogens is 3. The Hall–Kier alpha value is -2.68. The number of aromatic nitrogens is 2. The molecule has 0 unspecified atom stereocenters. The minimum atomic E-state index is -4.40. The minimum absolute atomic E-state index is 0.0302. The molecule has 2 rings (SSSR count). The lowest BCUT2D eigenvalue weighted by molar-refractivity contribution is -0.137. The molecule has 0 aliphatic carbocycles. The quantitative estimate of drug-likeness (QED) is 0.858. The summed E-state index contributed by atoms with van der Waals surface area (Å²) < 4.78 is 43.5. The maximum Gasteiger partial charge on any atom is 0.416 e. The average molecular weight is 355 g/mol. The Morgan fingerprint density at radius 1 is 1.20 bits per heavy atom. The van der Waals surface area contributed by atoms with Crippen molar-refractivity contribution in [2.24, 2.45) is 0 Å². The lowest BCUT2D eigenvalue weighted by atomic mass is 10.1. The number of alkyl halides is 3. The number of nitrogens with zero attached hydrogens (tertiary/aromatic N) is 2. The van der Waals surface area contributed by atoms with Gasteiger partial charge in [-0.25, -0.2) is 4.68 Å². The van der Waals surface area contributed by atoms with Crippen LogP contribution in [-0.4, -0.2) is 29.4 Å². The second-order valence-electron chi connectivity index (χ2n) is 5.15. The van der Waals surface area contributed by atoms with Crippen LogP contribution in [0.25, 0.3) is 0 Å². The SMILES string of the molecule is COCCn1nc(C(=O)NCc2ccc(C(F)(F)F)cc2)ccc1=O. The highest BCUT2D eigenvalue weighted by Crippen LogP contribution is 2.29. The Bertz CT molecular complexity index is 786. The summed E-state index contributed by atoms with van der Waals surface area (Å²) in [5.41, 5.74) is -0.581. The Balaban J connectivity index is 2.01. The number of rotatable bonds is 6. The van der Waals surface area contributed by atoms with Crippen LogP contribution in [0.5, 0.6) is 0 Å². The van der Waals surface area contributed by atoms with Gasteiger partial charge in [-0.15, -0.1) is 0 Å². The average Bonchev–Trinajstić information content (AvgIpc) is 2.58. The summed E-state index contributed by atoms with van der Waals surface area (Å²) in [6, 6.07) is 6.98. The largest absolute Gasteiger partial charge is 0.416 e. The first-order chi connectivity index (χ1) is 11.8. The molecule has 134 valence electrons. The topological polar surface area (TPSA) is 73.2 Å². The number of benzene rings is 1. The molecule has 0 spiro atoms. The molecule has 0 fully saturated rings. The van der Waals surface area contributed by atoms with Crippen LogP contribution in [0.15, 0.2) is 41.2 Å². The van der Waals surface area contributed by atoms with Crippen LogP contribution in [-0.2, 0) is 24.0 Å². The van der Waals surface area contributed by atoms with E-state index in [1.165, 1.54) is 31.4 Å². The van der Waals surface area contributed by atoms with Crippen molar-refractivity contribution in [3.63, 3.8) is 0 Å². The highest BCUT2D eigenvalue weighted by atomic mass is 19.4. The molecule has 1 aromatic heterocycles. The van der Waals surface area contributed by atoms with Crippen molar-refractivity contribution in [3.8, 4) is 0 Å². The number of carbonyl (C=O) groups excluding carboxylic acids is 1. The van der Waals surface area contributed by atoms with Gasteiger partial charge in [0.2, 0.25) is 0 Å². The molecule has 1 amide bonds. The fourth-order valence-corrected chi connectivity index (χ4v) is 1.99. The fraction of sp³-hybridized carbons (Fsp3) is 0.312. The van der Waals surface area contributed by atoms with E-state index < -0.39 is 17.6 Å². The van der Waals surface area contributed by atoms with Gasteiger partial charge >= 0.3 is 6.18 Å². The first-order valence-corrected chi connectivity index (χ1v) is 7.32. The van der Waals surface area contributed by atoms with Gasteiger partial charge < -0.3 is 10.1 Å². The number of hydrogen-bond acceptors (Lipinski definition) is 4. The van der Waals surface area contributed by atoms with E-state index in [0.717, 1.165) is 16.8 Å². The van der Waals surface area contributed by atoms with Crippen LogP contribution in [0.4, 0.5) is 13.2 Å². The lowest BCUT2D eigenvalue weighted by Crippen LogP contribution is -2.30. The summed E-state index contributed by atoms with van der Waals surface area (Å²) in [6.45, 7) is 0.509. The third kappa shape index (κ3) is 5.15. The van der Waals surface area contributed by atoms with Gasteiger partial charge in [-0.05, 0) is 23.8 Å². The van der Waals surface area contributed by atoms with Crippen molar-refractivity contribution in [1.82, 2.24) is 15.1 Å². The van der Waals surface area contributed by atoms with Crippen molar-refractivity contribution in [1.29, 1.82) is 0 Å². The minimum Gasteiger partial charge on any atom is -0.383 e. The summed E-state index contributed by atoms with van der Waals surface area (Å²) in [4.78, 5) is 23.7. The first kappa shape index (κ1) is 18.7. The maximum absolute atomic E-state index is 12.5. The van der Waals surface area contributed by atoms with E-state index in [1.54, 1.807) is 0 Å². The Morgan fingerprint density at radius 3 is 2.48 bits per heavy atom. The highest BCUT2D eigenvalue weighted by Gasteiger charge is 2.29. The smallest absolute Gasteiger partial charge is 0.383 e. The molecule has 0 saturated carbocycles. The van der Waals surface area contributed by atoms with Gasteiger partial charge in [0, 0.05) is 19.7 Å². The van der Waals surface area contributed by atoms with Crippen molar-refractivity contribution in [2.45, 2.75) is 19.3 Å². The molecule has 0 radical (unpaired) electrons. The van der Waals surface area contributed by atoms with E-state index >= 15 is 0 Å². The standard InChI is InChI=1S/C16H16F3N3O3/c1-25-9-8-22-14(23)7-6-13(21-22)15(24)20-10-11-2-4-12(5-3-11)16(17,18)19/h2-7H,8-10H2,1H3,(H,20,24). The molecular formula is C16H16F3N3O3. The zero-order valence-electron chi connectivity index (χ0n) is 13.3. The van der Waals surface area contributed by atoms with Crippen LogP contribution in [0, 0.1) is 0 Å². The Labute approximate surface area is 141 Å². The van der Waals surface area contributed by atoms with Gasteiger partial charge in [0.05, 0.1) is 18.7 Å². The highest BCUT2D eigenvalue weighted by molar-refractivity contribution is 5.91. The van der Waals surface area contributed by atoms with Crippen LogP contribution >= 0.6 is 0 Å². The summed E-state index contributed by atoms with van der Waals surface area (Å²) in [7, 11) is 1.48. The van der Waals surface area contributed by atoms with Crippen LogP contribution in [0.2, 0.25) is 0 Å². The van der Waals surface area contributed by atoms with Crippen molar-refractivity contribution in [2.75, 3.05) is 13.7 Å². The van der Waals surface area contributed by atoms with E-state index in [0.29, 0.717) is 5.56 Å². The van der Waals surface area contributed by atoms with E-state index in [9.17, 15) is 22.8 Å². The van der Waals surface area contributed by atoms with Crippen LogP contribution in [0.1, 0.15) is 21.6 Å². The molecular weight excluding hydrogens is 339 g/mol. The molecule has 1 heterocycles. The normalized spacial score (nSPS) is 11.4. The molecule has 0 bridgehead atoms. The molecule has 6 nitrogen and oxygen atoms in total. The summed E-state index contributed by atoms with van der Waals surface area (Å²) in [5, 5.41) is 6.48. The number of hydrogen-bond donors (Lipinski definition) is 1. The predicted molar refractivity (Wildman–Crippen MR) is 83.0 cm³/mol. The molecule has 0 aliphatic heterocycles. The number of methoxy groups -OCH3 is 1. The van der Waals surface area contributed by atoms with Crippen molar-refractivity contribution in [3.05, 3.63) is 63.6 Å². The van der Waals surface area contributed by atoms with E-state index in [1.807, 2.05) is 0 Å². The number of amides is 1. The van der Waals surface area contributed by atoms with Crippen molar-refractivity contribution < 1.29 is 22.7 Å². The predicted octanol–water partition coefficient (Wildman–Crippen LogP) is 1.84. The number of carbonyl (C=O) groups is 1. The zero-order chi connectivity index (χ0) is 18.4. The van der Waals surface area contributed by atoms with Crippen LogP contribution in [0.3, 0.4) is 0 Å². The maximum atomic E-state index is 12.5. The first-order valence-electron chi connectivity index (χ1n) is 7.32. The molecule has 0 aliphatic rings. The fourth-order valence-electron chi connectivity index (χ4n) is 1.99. The number of ether oxygens (including phenoxy) is 1. The summed E-state index contributed by atoms with van der Waals surface area (Å²) in [5.74, 6) is -0.536. The zero-order valence-corrected chi connectivity index (χ0v) is 13.3. The molecule has 1 aromatic carbocycles. The summed E-state index contributed by atoms with van der Waals surface area (Å²) in [6.07, 6.45) is -4.40. The van der Waals surface area contributed by atoms with Gasteiger partial charge in [-0.1, -0.05) is 12.1 Å². The molecule has 0 atom stereocenters. The second-order valence-corrected chi connectivity index (χ2v) is 5.15. The number of nitrogens with one attached hydrogen (secondary N) is 1. The Morgan fingerprint density at radius 2 is 1.88 bits per heavy atom. The summed E-state index contributed by atoms with van der Waals surface area (Å²) >= 11 is 0. The van der Waals surface area contributed by atoms with E-state index in [4.69, 9.17) is 4.74 Å². The van der Waals surface area contributed by atoms with Crippen molar-refractivity contribution >= 4 is 5.91 Å². The lowest BCUT2D eigenvalue weighted by Gasteiger charge is -2.09. The van der Waals surface area contributed by atoms with Gasteiger partial charge in [-0.3, -0.25) is 9.59 Å². The molecule has 25 heavy (non-hydrogen) atoms. The molecule has 9 heteroatoms. The third-order valence-corrected chi connectivity index (χ3v) is 3.34. The monoisotopic (exact) mass is 355 g/mol. The molecule has 2 aromatic rings. The van der Waals surface area contributed by atoms with Gasteiger partial charge in [0.15, 0.2) is 0 Å². The Kier molecular flexibility index (Phi) is 5.92. The van der Waals surface area contributed by atoms with Gasteiger partial charge in [-0.2, -0.15) is 18.3 Å². The third-order valence-electron chi connectivity index (χ3n) is 3.34. The van der Waals surface area contributed by atoms with E-state index in [-0.39, 0.29) is 30.9 Å².